The summed E-state index contributed by atoms with van der Waals surface area (Å²) >= 11 is 0. The van der Waals surface area contributed by atoms with E-state index in [4.69, 9.17) is 0 Å². The van der Waals surface area contributed by atoms with Crippen LogP contribution in [0, 0.1) is 13.8 Å². The zero-order valence-corrected chi connectivity index (χ0v) is 15.3. The Morgan fingerprint density at radius 1 is 0.792 bits per heavy atom. The molecule has 0 spiro atoms. The monoisotopic (exact) mass is 367 g/mol. The number of hydrogen-bond donors (Lipinski definition) is 1. The van der Waals surface area contributed by atoms with Crippen molar-refractivity contribution in [3.63, 3.8) is 0 Å². The summed E-state index contributed by atoms with van der Waals surface area (Å²) in [7, 11) is -7.88. The van der Waals surface area contributed by atoms with Crippen molar-refractivity contribution in [3.8, 4) is 0 Å². The lowest BCUT2D eigenvalue weighted by Gasteiger charge is -2.09. The first-order valence-electron chi connectivity index (χ1n) is 7.50. The number of benzene rings is 2. The minimum absolute atomic E-state index is 0.259. The molecule has 2 rings (SSSR count). The molecule has 0 radical (unpaired) electrons. The second-order valence-corrected chi connectivity index (χ2v) is 9.72. The minimum Gasteiger partial charge on any atom is -0.211 e. The van der Waals surface area contributed by atoms with E-state index in [0.29, 0.717) is 5.56 Å². The Balaban J connectivity index is 2.04. The predicted molar refractivity (Wildman–Crippen MR) is 95.6 cm³/mol. The summed E-state index contributed by atoms with van der Waals surface area (Å²) in [6.07, 6.45) is 0.259. The summed E-state index contributed by atoms with van der Waals surface area (Å²) in [5, 5.41) is 0. The number of nitrogens with one attached hydrogen (secondary N) is 1. The first-order chi connectivity index (χ1) is 11.2. The van der Waals surface area contributed by atoms with E-state index in [1.165, 1.54) is 0 Å². The molecule has 0 heterocycles. The van der Waals surface area contributed by atoms with E-state index in [1.807, 2.05) is 42.2 Å². The standard InChI is InChI=1S/C17H21NO4S2/c1-14-10-15(2)12-17(11-14)13-24(21,22)18-23(19,20)9-8-16-6-4-3-5-7-16/h3-7,10-12,18H,8-9,13H2,1-2H3. The molecule has 0 fully saturated rings. The lowest BCUT2D eigenvalue weighted by molar-refractivity contribution is 0.576. The van der Waals surface area contributed by atoms with Crippen LogP contribution in [0.4, 0.5) is 0 Å². The lowest BCUT2D eigenvalue weighted by Crippen LogP contribution is -2.34. The average Bonchev–Trinajstić information content (AvgIpc) is 2.43. The van der Waals surface area contributed by atoms with E-state index in [9.17, 15) is 16.8 Å². The number of rotatable bonds is 7. The Morgan fingerprint density at radius 3 is 1.96 bits per heavy atom. The van der Waals surface area contributed by atoms with Gasteiger partial charge >= 0.3 is 0 Å². The van der Waals surface area contributed by atoms with E-state index < -0.39 is 20.0 Å². The van der Waals surface area contributed by atoms with Crippen LogP contribution < -0.4 is 4.13 Å². The molecule has 2 aromatic carbocycles. The van der Waals surface area contributed by atoms with Crippen molar-refractivity contribution in [1.82, 2.24) is 4.13 Å². The molecule has 7 heteroatoms. The Hall–Kier alpha value is -1.70. The van der Waals surface area contributed by atoms with Crippen LogP contribution in [0.25, 0.3) is 0 Å². The van der Waals surface area contributed by atoms with Crippen LogP contribution in [0.3, 0.4) is 0 Å². The average molecular weight is 367 g/mol. The van der Waals surface area contributed by atoms with Gasteiger partial charge in [-0.15, -0.1) is 4.13 Å². The molecule has 0 unspecified atom stereocenters. The van der Waals surface area contributed by atoms with Gasteiger partial charge in [0.1, 0.15) is 0 Å². The summed E-state index contributed by atoms with van der Waals surface area (Å²) in [5.74, 6) is -0.636. The zero-order valence-electron chi connectivity index (χ0n) is 13.7. The van der Waals surface area contributed by atoms with Gasteiger partial charge in [0, 0.05) is 0 Å². The molecule has 0 bridgehead atoms. The van der Waals surface area contributed by atoms with Crippen molar-refractivity contribution in [2.45, 2.75) is 26.0 Å². The maximum absolute atomic E-state index is 12.2. The molecule has 0 aliphatic heterocycles. The second-order valence-electron chi connectivity index (χ2n) is 5.89. The molecule has 0 atom stereocenters. The zero-order chi connectivity index (χ0) is 17.8. The third-order valence-corrected chi connectivity index (χ3v) is 6.88. The maximum Gasteiger partial charge on any atom is 0.228 e. The molecule has 0 saturated carbocycles. The third-order valence-electron chi connectivity index (χ3n) is 3.39. The van der Waals surface area contributed by atoms with E-state index >= 15 is 0 Å². The fraction of sp³-hybridized carbons (Fsp3) is 0.294. The molecule has 0 saturated heterocycles. The van der Waals surface area contributed by atoms with Gasteiger partial charge in [0.05, 0.1) is 11.5 Å². The molecular weight excluding hydrogens is 346 g/mol. The van der Waals surface area contributed by atoms with Crippen LogP contribution in [0.5, 0.6) is 0 Å². The molecule has 130 valence electrons. The topological polar surface area (TPSA) is 80.3 Å². The van der Waals surface area contributed by atoms with Gasteiger partial charge < -0.3 is 0 Å². The van der Waals surface area contributed by atoms with Gasteiger partial charge in [-0.3, -0.25) is 0 Å². The second kappa shape index (κ2) is 7.46. The van der Waals surface area contributed by atoms with Crippen molar-refractivity contribution in [1.29, 1.82) is 0 Å². The molecule has 1 N–H and O–H groups in total. The fourth-order valence-corrected chi connectivity index (χ4v) is 5.76. The SMILES string of the molecule is Cc1cc(C)cc(CS(=O)(=O)NS(=O)(=O)CCc2ccccc2)c1. The number of sulfonamides is 2. The van der Waals surface area contributed by atoms with Crippen molar-refractivity contribution in [2.24, 2.45) is 0 Å². The van der Waals surface area contributed by atoms with Crippen LogP contribution in [0.1, 0.15) is 22.3 Å². The molecule has 0 aromatic heterocycles. The van der Waals surface area contributed by atoms with E-state index in [2.05, 4.69) is 0 Å². The van der Waals surface area contributed by atoms with Crippen LogP contribution in [0.2, 0.25) is 0 Å². The van der Waals surface area contributed by atoms with Crippen molar-refractivity contribution in [2.75, 3.05) is 5.75 Å². The summed E-state index contributed by atoms with van der Waals surface area (Å²) in [6.45, 7) is 3.74. The van der Waals surface area contributed by atoms with Gasteiger partial charge in [-0.25, -0.2) is 16.8 Å². The summed E-state index contributed by atoms with van der Waals surface area (Å²) in [5.41, 5.74) is 3.28. The van der Waals surface area contributed by atoms with Crippen molar-refractivity contribution < 1.29 is 16.8 Å². The first kappa shape index (κ1) is 18.6. The summed E-state index contributed by atoms with van der Waals surface area (Å²) < 4.78 is 50.3. The van der Waals surface area contributed by atoms with Gasteiger partial charge in [-0.2, -0.15) is 0 Å². The van der Waals surface area contributed by atoms with Gasteiger partial charge in [0.2, 0.25) is 20.0 Å². The lowest BCUT2D eigenvalue weighted by atomic mass is 10.1. The maximum atomic E-state index is 12.2. The highest BCUT2D eigenvalue weighted by molar-refractivity contribution is 8.04. The van der Waals surface area contributed by atoms with Crippen LogP contribution in [0.15, 0.2) is 48.5 Å². The van der Waals surface area contributed by atoms with Crippen molar-refractivity contribution >= 4 is 20.0 Å². The molecule has 0 amide bonds. The van der Waals surface area contributed by atoms with E-state index in [1.54, 1.807) is 24.3 Å². The Bertz CT molecular complexity index is 885. The van der Waals surface area contributed by atoms with Crippen LogP contribution in [-0.2, 0) is 32.2 Å². The molecule has 2 aromatic rings. The molecule has 24 heavy (non-hydrogen) atoms. The number of hydrogen-bond acceptors (Lipinski definition) is 4. The Kier molecular flexibility index (Phi) is 5.79. The van der Waals surface area contributed by atoms with Gasteiger partial charge in [0.15, 0.2) is 0 Å². The summed E-state index contributed by atoms with van der Waals surface area (Å²) in [6, 6.07) is 14.5. The first-order valence-corrected chi connectivity index (χ1v) is 10.8. The summed E-state index contributed by atoms with van der Waals surface area (Å²) in [4.78, 5) is 0. The highest BCUT2D eigenvalue weighted by atomic mass is 32.3. The smallest absolute Gasteiger partial charge is 0.211 e. The largest absolute Gasteiger partial charge is 0.228 e. The molecule has 0 aliphatic rings. The Labute approximate surface area is 143 Å². The van der Waals surface area contributed by atoms with Gasteiger partial charge in [-0.05, 0) is 31.4 Å². The van der Waals surface area contributed by atoms with E-state index in [0.717, 1.165) is 16.7 Å². The van der Waals surface area contributed by atoms with Crippen molar-refractivity contribution in [3.05, 3.63) is 70.8 Å². The quantitative estimate of drug-likeness (QED) is 0.814. The highest BCUT2D eigenvalue weighted by Crippen LogP contribution is 2.12. The Morgan fingerprint density at radius 2 is 1.38 bits per heavy atom. The highest BCUT2D eigenvalue weighted by Gasteiger charge is 2.21. The van der Waals surface area contributed by atoms with Gasteiger partial charge in [0.25, 0.3) is 0 Å². The third kappa shape index (κ3) is 6.07. The van der Waals surface area contributed by atoms with Crippen LogP contribution in [-0.4, -0.2) is 22.6 Å². The molecule has 0 aliphatic carbocycles. The molecular formula is C17H21NO4S2. The normalized spacial score (nSPS) is 12.2. The fourth-order valence-electron chi connectivity index (χ4n) is 2.53. The van der Waals surface area contributed by atoms with Gasteiger partial charge in [-0.1, -0.05) is 59.7 Å². The molecule has 5 nitrogen and oxygen atoms in total. The van der Waals surface area contributed by atoms with E-state index in [-0.39, 0.29) is 17.9 Å². The number of aryl methyl sites for hydroxylation is 3. The minimum atomic E-state index is -3.97. The van der Waals surface area contributed by atoms with Crippen LogP contribution >= 0.6 is 0 Å². The predicted octanol–water partition coefficient (Wildman–Crippen LogP) is 2.30.